The van der Waals surface area contributed by atoms with Gasteiger partial charge in [-0.05, 0) is 12.0 Å². The molecule has 15 heavy (non-hydrogen) atoms. The standard InChI is InChI=1S/C9H12N2O3S/c10-8(9(12)15(11,13)14)6-7-4-2-1-3-5-7/h1-5,8H,6,10H2,(H2,11,13,14)/t8-/m0/s1. The monoisotopic (exact) mass is 228 g/mol. The minimum Gasteiger partial charge on any atom is -0.320 e. The lowest BCUT2D eigenvalue weighted by molar-refractivity contribution is -0.112. The van der Waals surface area contributed by atoms with Crippen molar-refractivity contribution >= 4 is 15.1 Å². The molecule has 0 fully saturated rings. The molecule has 1 aromatic carbocycles. The highest BCUT2D eigenvalue weighted by molar-refractivity contribution is 8.04. The smallest absolute Gasteiger partial charge is 0.278 e. The molecule has 1 atom stereocenters. The van der Waals surface area contributed by atoms with E-state index in [1.54, 1.807) is 24.3 Å². The van der Waals surface area contributed by atoms with Gasteiger partial charge in [0, 0.05) is 0 Å². The maximum atomic E-state index is 11.1. The summed E-state index contributed by atoms with van der Waals surface area (Å²) in [6, 6.07) is 7.79. The summed E-state index contributed by atoms with van der Waals surface area (Å²) in [6.07, 6.45) is 0.163. The van der Waals surface area contributed by atoms with E-state index in [9.17, 15) is 13.2 Å². The first-order chi connectivity index (χ1) is 6.91. The molecule has 0 aliphatic carbocycles. The lowest BCUT2D eigenvalue weighted by atomic mass is 10.1. The van der Waals surface area contributed by atoms with Gasteiger partial charge in [-0.15, -0.1) is 0 Å². The Morgan fingerprint density at radius 3 is 2.27 bits per heavy atom. The highest BCUT2D eigenvalue weighted by Crippen LogP contribution is 2.03. The van der Waals surface area contributed by atoms with Crippen molar-refractivity contribution in [2.75, 3.05) is 0 Å². The average molecular weight is 228 g/mol. The fourth-order valence-electron chi connectivity index (χ4n) is 1.16. The number of sulfonamides is 1. The van der Waals surface area contributed by atoms with Crippen LogP contribution in [0.4, 0.5) is 0 Å². The molecule has 0 aliphatic rings. The van der Waals surface area contributed by atoms with Crippen molar-refractivity contribution in [3.63, 3.8) is 0 Å². The first kappa shape index (κ1) is 11.8. The fraction of sp³-hybridized carbons (Fsp3) is 0.222. The lowest BCUT2D eigenvalue weighted by Gasteiger charge is -2.08. The second kappa shape index (κ2) is 4.52. The van der Waals surface area contributed by atoms with Crippen LogP contribution in [0.3, 0.4) is 0 Å². The molecule has 0 unspecified atom stereocenters. The number of primary sulfonamides is 1. The third-order valence-corrected chi connectivity index (χ3v) is 2.75. The SMILES string of the molecule is N[C@@H](Cc1ccccc1)C(=O)S(N)(=O)=O. The average Bonchev–Trinajstić information content (AvgIpc) is 2.16. The Morgan fingerprint density at radius 1 is 1.27 bits per heavy atom. The molecule has 1 aromatic rings. The second-order valence-corrected chi connectivity index (χ2v) is 4.65. The van der Waals surface area contributed by atoms with E-state index in [-0.39, 0.29) is 6.42 Å². The number of carbonyl (C=O) groups excluding carboxylic acids is 1. The fourth-order valence-corrected chi connectivity index (χ4v) is 1.67. The van der Waals surface area contributed by atoms with E-state index in [0.29, 0.717) is 0 Å². The van der Waals surface area contributed by atoms with Gasteiger partial charge in [0.25, 0.3) is 15.1 Å². The van der Waals surface area contributed by atoms with E-state index < -0.39 is 21.2 Å². The topological polar surface area (TPSA) is 103 Å². The van der Waals surface area contributed by atoms with Gasteiger partial charge in [-0.1, -0.05) is 30.3 Å². The summed E-state index contributed by atoms with van der Waals surface area (Å²) in [5.41, 5.74) is 6.22. The summed E-state index contributed by atoms with van der Waals surface area (Å²) in [5.74, 6) is 0. The predicted octanol–water partition coefficient (Wildman–Crippen LogP) is -0.628. The van der Waals surface area contributed by atoms with Crippen LogP contribution in [0, 0.1) is 0 Å². The number of carbonyl (C=O) groups is 1. The molecule has 0 saturated carbocycles. The first-order valence-electron chi connectivity index (χ1n) is 4.27. The van der Waals surface area contributed by atoms with Gasteiger partial charge in [-0.25, -0.2) is 13.6 Å². The minimum atomic E-state index is -4.19. The zero-order chi connectivity index (χ0) is 11.5. The minimum absolute atomic E-state index is 0.163. The predicted molar refractivity (Wildman–Crippen MR) is 56.2 cm³/mol. The molecule has 0 amide bonds. The normalized spacial score (nSPS) is 13.5. The van der Waals surface area contributed by atoms with Gasteiger partial charge >= 0.3 is 0 Å². The largest absolute Gasteiger partial charge is 0.320 e. The van der Waals surface area contributed by atoms with Crippen LogP contribution in [-0.4, -0.2) is 19.6 Å². The van der Waals surface area contributed by atoms with Gasteiger partial charge in [-0.2, -0.15) is 0 Å². The van der Waals surface area contributed by atoms with E-state index in [4.69, 9.17) is 5.73 Å². The van der Waals surface area contributed by atoms with Crippen LogP contribution in [0.2, 0.25) is 0 Å². The highest BCUT2D eigenvalue weighted by atomic mass is 32.2. The molecular formula is C9H12N2O3S. The Bertz CT molecular complexity index is 442. The molecule has 6 heteroatoms. The van der Waals surface area contributed by atoms with Crippen molar-refractivity contribution in [2.24, 2.45) is 10.9 Å². The van der Waals surface area contributed by atoms with Crippen LogP contribution in [0.25, 0.3) is 0 Å². The van der Waals surface area contributed by atoms with E-state index in [2.05, 4.69) is 5.14 Å². The quantitative estimate of drug-likeness (QED) is 0.718. The Hall–Kier alpha value is -1.24. The van der Waals surface area contributed by atoms with Gasteiger partial charge < -0.3 is 5.73 Å². The first-order valence-corrected chi connectivity index (χ1v) is 5.82. The van der Waals surface area contributed by atoms with E-state index in [1.165, 1.54) is 0 Å². The lowest BCUT2D eigenvalue weighted by Crippen LogP contribution is -2.40. The molecule has 0 bridgehead atoms. The van der Waals surface area contributed by atoms with Crippen LogP contribution in [0.1, 0.15) is 5.56 Å². The molecule has 0 aromatic heterocycles. The van der Waals surface area contributed by atoms with Crippen molar-refractivity contribution in [1.82, 2.24) is 0 Å². The highest BCUT2D eigenvalue weighted by Gasteiger charge is 2.24. The third kappa shape index (κ3) is 3.43. The summed E-state index contributed by atoms with van der Waals surface area (Å²) in [7, 11) is -4.19. The molecule has 0 aliphatic heterocycles. The third-order valence-electron chi connectivity index (χ3n) is 1.88. The maximum Gasteiger partial charge on any atom is 0.278 e. The van der Waals surface area contributed by atoms with Crippen molar-refractivity contribution in [2.45, 2.75) is 12.5 Å². The summed E-state index contributed by atoms with van der Waals surface area (Å²) in [6.45, 7) is 0. The van der Waals surface area contributed by atoms with E-state index in [0.717, 1.165) is 5.56 Å². The molecular weight excluding hydrogens is 216 g/mol. The second-order valence-electron chi connectivity index (χ2n) is 3.16. The molecule has 82 valence electrons. The Morgan fingerprint density at radius 2 is 1.80 bits per heavy atom. The molecule has 1 rings (SSSR count). The van der Waals surface area contributed by atoms with E-state index in [1.807, 2.05) is 6.07 Å². The Labute approximate surface area is 88.1 Å². The number of hydrogen-bond donors (Lipinski definition) is 2. The summed E-state index contributed by atoms with van der Waals surface area (Å²) in [4.78, 5) is 11.1. The summed E-state index contributed by atoms with van der Waals surface area (Å²) in [5, 5.41) is 3.54. The molecule has 0 radical (unpaired) electrons. The van der Waals surface area contributed by atoms with Crippen molar-refractivity contribution in [3.8, 4) is 0 Å². The summed E-state index contributed by atoms with van der Waals surface area (Å²) < 4.78 is 21.4. The van der Waals surface area contributed by atoms with Crippen LogP contribution >= 0.6 is 0 Å². The summed E-state index contributed by atoms with van der Waals surface area (Å²) >= 11 is 0. The molecule has 4 N–H and O–H groups in total. The zero-order valence-electron chi connectivity index (χ0n) is 7.96. The van der Waals surface area contributed by atoms with Crippen LogP contribution < -0.4 is 10.9 Å². The van der Waals surface area contributed by atoms with Crippen LogP contribution in [0.15, 0.2) is 30.3 Å². The van der Waals surface area contributed by atoms with Gasteiger partial charge in [0.05, 0.1) is 6.04 Å². The van der Waals surface area contributed by atoms with Crippen molar-refractivity contribution < 1.29 is 13.2 Å². The van der Waals surface area contributed by atoms with Crippen LogP contribution in [0.5, 0.6) is 0 Å². The molecule has 5 nitrogen and oxygen atoms in total. The Balaban J connectivity index is 2.73. The van der Waals surface area contributed by atoms with Gasteiger partial charge in [0.2, 0.25) is 0 Å². The zero-order valence-corrected chi connectivity index (χ0v) is 8.78. The number of rotatable bonds is 3. The molecule has 0 spiro atoms. The number of nitrogens with two attached hydrogens (primary N) is 2. The van der Waals surface area contributed by atoms with Crippen LogP contribution in [-0.2, 0) is 21.2 Å². The van der Waals surface area contributed by atoms with Crippen molar-refractivity contribution in [3.05, 3.63) is 35.9 Å². The van der Waals surface area contributed by atoms with Gasteiger partial charge in [-0.3, -0.25) is 4.79 Å². The van der Waals surface area contributed by atoms with Gasteiger partial charge in [0.1, 0.15) is 0 Å². The Kier molecular flexibility index (Phi) is 3.57. The maximum absolute atomic E-state index is 11.1. The van der Waals surface area contributed by atoms with Gasteiger partial charge in [0.15, 0.2) is 0 Å². The van der Waals surface area contributed by atoms with E-state index >= 15 is 0 Å². The number of hydrogen-bond acceptors (Lipinski definition) is 4. The van der Waals surface area contributed by atoms with Crippen molar-refractivity contribution in [1.29, 1.82) is 0 Å². The molecule has 0 heterocycles. The molecule has 0 saturated heterocycles. The number of benzene rings is 1.